The van der Waals surface area contributed by atoms with Gasteiger partial charge in [0.2, 0.25) is 5.91 Å². The van der Waals surface area contributed by atoms with E-state index in [0.29, 0.717) is 0 Å². The molecule has 0 saturated carbocycles. The van der Waals surface area contributed by atoms with Crippen molar-refractivity contribution in [3.63, 3.8) is 0 Å². The number of aromatic nitrogens is 2. The number of imidazole rings is 1. The Labute approximate surface area is 162 Å². The van der Waals surface area contributed by atoms with Crippen LogP contribution in [0.5, 0.6) is 0 Å². The predicted molar refractivity (Wildman–Crippen MR) is 109 cm³/mol. The number of amides is 1. The fourth-order valence-electron chi connectivity index (χ4n) is 3.22. The van der Waals surface area contributed by atoms with Crippen LogP contribution in [0, 0.1) is 5.82 Å². The van der Waals surface area contributed by atoms with E-state index in [2.05, 4.69) is 15.3 Å². The SMILES string of the molecule is O=C(Cc1ccc(F)cc1)Nc1ccccc1CCc1nc2ccccc2[nH]1. The number of aromatic amines is 1. The Bertz CT molecular complexity index is 1070. The molecule has 0 unspecified atom stereocenters. The van der Waals surface area contributed by atoms with Crippen LogP contribution in [0.3, 0.4) is 0 Å². The number of rotatable bonds is 6. The first kappa shape index (κ1) is 17.9. The summed E-state index contributed by atoms with van der Waals surface area (Å²) in [4.78, 5) is 20.3. The van der Waals surface area contributed by atoms with E-state index in [4.69, 9.17) is 0 Å². The van der Waals surface area contributed by atoms with E-state index >= 15 is 0 Å². The molecule has 140 valence electrons. The van der Waals surface area contributed by atoms with Crippen molar-refractivity contribution in [3.8, 4) is 0 Å². The third-order valence-corrected chi connectivity index (χ3v) is 4.64. The van der Waals surface area contributed by atoms with Crippen LogP contribution in [0.1, 0.15) is 17.0 Å². The first-order valence-corrected chi connectivity index (χ1v) is 9.23. The van der Waals surface area contributed by atoms with Crippen molar-refractivity contribution >= 4 is 22.6 Å². The van der Waals surface area contributed by atoms with Crippen LogP contribution < -0.4 is 5.32 Å². The normalized spacial score (nSPS) is 10.9. The predicted octanol–water partition coefficient (Wildman–Crippen LogP) is 4.67. The van der Waals surface area contributed by atoms with Gasteiger partial charge in [-0.15, -0.1) is 0 Å². The summed E-state index contributed by atoms with van der Waals surface area (Å²) in [7, 11) is 0. The third-order valence-electron chi connectivity index (χ3n) is 4.64. The lowest BCUT2D eigenvalue weighted by atomic mass is 10.1. The monoisotopic (exact) mass is 373 g/mol. The Kier molecular flexibility index (Phi) is 5.15. The van der Waals surface area contributed by atoms with Crippen LogP contribution >= 0.6 is 0 Å². The van der Waals surface area contributed by atoms with Crippen LogP contribution in [0.2, 0.25) is 0 Å². The molecule has 4 rings (SSSR count). The van der Waals surface area contributed by atoms with Crippen LogP contribution in [0.15, 0.2) is 72.8 Å². The van der Waals surface area contributed by atoms with Gasteiger partial charge in [0.1, 0.15) is 11.6 Å². The van der Waals surface area contributed by atoms with Crippen LogP contribution in [-0.4, -0.2) is 15.9 Å². The molecule has 1 heterocycles. The van der Waals surface area contributed by atoms with Crippen molar-refractivity contribution in [3.05, 3.63) is 95.6 Å². The highest BCUT2D eigenvalue weighted by Gasteiger charge is 2.09. The molecule has 0 bridgehead atoms. The molecule has 0 radical (unpaired) electrons. The summed E-state index contributed by atoms with van der Waals surface area (Å²) < 4.78 is 13.0. The van der Waals surface area contributed by atoms with E-state index in [1.807, 2.05) is 48.5 Å². The zero-order valence-electron chi connectivity index (χ0n) is 15.3. The quantitative estimate of drug-likeness (QED) is 0.516. The van der Waals surface area contributed by atoms with Gasteiger partial charge in [-0.05, 0) is 47.9 Å². The molecule has 4 nitrogen and oxygen atoms in total. The Morgan fingerprint density at radius 3 is 2.50 bits per heavy atom. The van der Waals surface area contributed by atoms with Gasteiger partial charge in [-0.3, -0.25) is 4.79 Å². The minimum Gasteiger partial charge on any atom is -0.342 e. The Hall–Kier alpha value is -3.47. The number of carbonyl (C=O) groups is 1. The molecule has 28 heavy (non-hydrogen) atoms. The largest absolute Gasteiger partial charge is 0.342 e. The van der Waals surface area contributed by atoms with Gasteiger partial charge in [-0.1, -0.05) is 42.5 Å². The van der Waals surface area contributed by atoms with Gasteiger partial charge in [-0.25, -0.2) is 9.37 Å². The lowest BCUT2D eigenvalue weighted by Gasteiger charge is -2.11. The highest BCUT2D eigenvalue weighted by Crippen LogP contribution is 2.19. The summed E-state index contributed by atoms with van der Waals surface area (Å²) in [5.74, 6) is 0.497. The molecule has 0 aliphatic heterocycles. The molecule has 0 aliphatic carbocycles. The molecule has 2 N–H and O–H groups in total. The van der Waals surface area contributed by atoms with E-state index in [1.165, 1.54) is 12.1 Å². The highest BCUT2D eigenvalue weighted by atomic mass is 19.1. The fraction of sp³-hybridized carbons (Fsp3) is 0.130. The third kappa shape index (κ3) is 4.26. The van der Waals surface area contributed by atoms with Gasteiger partial charge >= 0.3 is 0 Å². The number of para-hydroxylation sites is 3. The number of H-pyrrole nitrogens is 1. The second kappa shape index (κ2) is 8.05. The second-order valence-corrected chi connectivity index (χ2v) is 6.71. The van der Waals surface area contributed by atoms with Crippen LogP contribution in [-0.2, 0) is 24.1 Å². The van der Waals surface area contributed by atoms with Crippen molar-refractivity contribution in [2.45, 2.75) is 19.3 Å². The van der Waals surface area contributed by atoms with E-state index in [0.717, 1.165) is 46.5 Å². The number of anilines is 1. The lowest BCUT2D eigenvalue weighted by Crippen LogP contribution is -2.15. The van der Waals surface area contributed by atoms with Crippen molar-refractivity contribution in [2.75, 3.05) is 5.32 Å². The maximum Gasteiger partial charge on any atom is 0.228 e. The molecule has 3 aromatic carbocycles. The zero-order chi connectivity index (χ0) is 19.3. The summed E-state index contributed by atoms with van der Waals surface area (Å²) in [6.07, 6.45) is 1.71. The molecular weight excluding hydrogens is 353 g/mol. The van der Waals surface area contributed by atoms with Gasteiger partial charge in [0, 0.05) is 12.1 Å². The molecule has 1 aromatic heterocycles. The number of nitrogens with zero attached hydrogens (tertiary/aromatic N) is 1. The molecular formula is C23H20FN3O. The van der Waals surface area contributed by atoms with E-state index in [9.17, 15) is 9.18 Å². The zero-order valence-corrected chi connectivity index (χ0v) is 15.3. The van der Waals surface area contributed by atoms with Crippen LogP contribution in [0.25, 0.3) is 11.0 Å². The molecule has 1 amide bonds. The number of nitrogens with one attached hydrogen (secondary N) is 2. The second-order valence-electron chi connectivity index (χ2n) is 6.71. The van der Waals surface area contributed by atoms with E-state index in [-0.39, 0.29) is 18.1 Å². The minimum atomic E-state index is -0.305. The number of carbonyl (C=O) groups excluding carboxylic acids is 1. The van der Waals surface area contributed by atoms with Gasteiger partial charge in [0.05, 0.1) is 17.5 Å². The molecule has 0 saturated heterocycles. The average molecular weight is 373 g/mol. The standard InChI is InChI=1S/C23H20FN3O/c24-18-12-9-16(10-13-18)15-23(28)27-19-6-2-1-5-17(19)11-14-22-25-20-7-3-4-8-21(20)26-22/h1-10,12-13H,11,14-15H2,(H,25,26)(H,27,28). The maximum absolute atomic E-state index is 13.0. The fourth-order valence-corrected chi connectivity index (χ4v) is 3.22. The Morgan fingerprint density at radius 2 is 1.68 bits per heavy atom. The van der Waals surface area contributed by atoms with Crippen molar-refractivity contribution in [2.24, 2.45) is 0 Å². The molecule has 0 atom stereocenters. The summed E-state index contributed by atoms with van der Waals surface area (Å²) in [6, 6.07) is 21.7. The molecule has 0 spiro atoms. The number of halogens is 1. The molecule has 0 fully saturated rings. The van der Waals surface area contributed by atoms with Crippen molar-refractivity contribution in [1.29, 1.82) is 0 Å². The van der Waals surface area contributed by atoms with Crippen LogP contribution in [0.4, 0.5) is 10.1 Å². The Morgan fingerprint density at radius 1 is 0.929 bits per heavy atom. The van der Waals surface area contributed by atoms with E-state index < -0.39 is 0 Å². The van der Waals surface area contributed by atoms with Gasteiger partial charge in [-0.2, -0.15) is 0 Å². The lowest BCUT2D eigenvalue weighted by molar-refractivity contribution is -0.115. The number of hydrogen-bond acceptors (Lipinski definition) is 2. The summed E-state index contributed by atoms with van der Waals surface area (Å²) in [6.45, 7) is 0. The topological polar surface area (TPSA) is 57.8 Å². The first-order chi connectivity index (χ1) is 13.7. The summed E-state index contributed by atoms with van der Waals surface area (Å²) in [5.41, 5.74) is 4.61. The molecule has 0 aliphatic rings. The highest BCUT2D eigenvalue weighted by molar-refractivity contribution is 5.93. The number of fused-ring (bicyclic) bond motifs is 1. The molecule has 4 aromatic rings. The van der Waals surface area contributed by atoms with E-state index in [1.54, 1.807) is 12.1 Å². The average Bonchev–Trinajstić information content (AvgIpc) is 3.12. The minimum absolute atomic E-state index is 0.122. The summed E-state index contributed by atoms with van der Waals surface area (Å²) >= 11 is 0. The van der Waals surface area contributed by atoms with Gasteiger partial charge in [0.25, 0.3) is 0 Å². The van der Waals surface area contributed by atoms with Crippen molar-refractivity contribution < 1.29 is 9.18 Å². The Balaban J connectivity index is 1.42. The number of aryl methyl sites for hydroxylation is 2. The number of benzene rings is 3. The maximum atomic E-state index is 13.0. The number of hydrogen-bond donors (Lipinski definition) is 2. The first-order valence-electron chi connectivity index (χ1n) is 9.23. The van der Waals surface area contributed by atoms with Gasteiger partial charge < -0.3 is 10.3 Å². The smallest absolute Gasteiger partial charge is 0.228 e. The van der Waals surface area contributed by atoms with Crippen molar-refractivity contribution in [1.82, 2.24) is 9.97 Å². The molecule has 5 heteroatoms. The van der Waals surface area contributed by atoms with Gasteiger partial charge in [0.15, 0.2) is 0 Å². The summed E-state index contributed by atoms with van der Waals surface area (Å²) in [5, 5.41) is 2.97.